The number of rotatable bonds is 0. The Balaban J connectivity index is 0.000000396. The van der Waals surface area contributed by atoms with E-state index < -0.39 is 11.8 Å². The van der Waals surface area contributed by atoms with Crippen LogP contribution >= 0.6 is 0 Å². The highest BCUT2D eigenvalue weighted by atomic mass is 16.2. The first-order valence-corrected chi connectivity index (χ1v) is 3.96. The van der Waals surface area contributed by atoms with Crippen LogP contribution in [0.2, 0.25) is 0 Å². The molecule has 0 saturated carbocycles. The third-order valence-electron chi connectivity index (χ3n) is 1.36. The Hall–Kier alpha value is -1.78. The summed E-state index contributed by atoms with van der Waals surface area (Å²) in [4.78, 5) is 29.1. The minimum atomic E-state index is -0.474. The van der Waals surface area contributed by atoms with Crippen molar-refractivity contribution >= 4 is 11.8 Å². The SMILES string of the molecule is CC.O=C1NC(=O)c2nccnc21. The van der Waals surface area contributed by atoms with Gasteiger partial charge in [-0.25, -0.2) is 9.97 Å². The summed E-state index contributed by atoms with van der Waals surface area (Å²) in [7, 11) is 0. The molecule has 0 bridgehead atoms. The molecule has 0 spiro atoms. The van der Waals surface area contributed by atoms with E-state index in [4.69, 9.17) is 0 Å². The third-order valence-corrected chi connectivity index (χ3v) is 1.36. The van der Waals surface area contributed by atoms with Crippen LogP contribution in [-0.4, -0.2) is 21.8 Å². The van der Waals surface area contributed by atoms with Gasteiger partial charge in [-0.1, -0.05) is 13.8 Å². The van der Waals surface area contributed by atoms with E-state index in [2.05, 4.69) is 15.3 Å². The topological polar surface area (TPSA) is 72.0 Å². The second kappa shape index (κ2) is 3.75. The summed E-state index contributed by atoms with van der Waals surface area (Å²) in [5.41, 5.74) is 0.218. The van der Waals surface area contributed by atoms with Gasteiger partial charge >= 0.3 is 0 Å². The van der Waals surface area contributed by atoms with E-state index in [1.54, 1.807) is 0 Å². The number of amides is 2. The first kappa shape index (κ1) is 9.31. The van der Waals surface area contributed by atoms with Crippen LogP contribution in [0.3, 0.4) is 0 Å². The molecule has 0 radical (unpaired) electrons. The second-order valence-corrected chi connectivity index (χ2v) is 2.04. The Labute approximate surface area is 75.2 Å². The van der Waals surface area contributed by atoms with Gasteiger partial charge in [-0.15, -0.1) is 0 Å². The van der Waals surface area contributed by atoms with Gasteiger partial charge in [-0.2, -0.15) is 0 Å². The maximum atomic E-state index is 10.8. The number of imide groups is 1. The molecule has 5 heteroatoms. The van der Waals surface area contributed by atoms with Crippen molar-refractivity contribution in [1.82, 2.24) is 15.3 Å². The van der Waals surface area contributed by atoms with Crippen molar-refractivity contribution < 1.29 is 9.59 Å². The molecule has 1 aromatic heterocycles. The summed E-state index contributed by atoms with van der Waals surface area (Å²) >= 11 is 0. The number of hydrogen-bond donors (Lipinski definition) is 1. The van der Waals surface area contributed by atoms with Crippen molar-refractivity contribution in [1.29, 1.82) is 0 Å². The van der Waals surface area contributed by atoms with Crippen LogP contribution in [0.1, 0.15) is 34.8 Å². The number of carbonyl (C=O) groups excluding carboxylic acids is 2. The van der Waals surface area contributed by atoms with Gasteiger partial charge in [-0.05, 0) is 0 Å². The molecule has 2 amide bonds. The highest BCUT2D eigenvalue weighted by molar-refractivity contribution is 6.19. The number of fused-ring (bicyclic) bond motifs is 1. The minimum Gasteiger partial charge on any atom is -0.285 e. The number of carbonyl (C=O) groups is 2. The normalized spacial score (nSPS) is 12.8. The Morgan fingerprint density at radius 1 is 1.00 bits per heavy atom. The molecule has 0 unspecified atom stereocenters. The maximum absolute atomic E-state index is 10.8. The van der Waals surface area contributed by atoms with Crippen molar-refractivity contribution in [3.05, 3.63) is 23.8 Å². The van der Waals surface area contributed by atoms with Crippen LogP contribution in [0.5, 0.6) is 0 Å². The monoisotopic (exact) mass is 179 g/mol. The summed E-state index contributed by atoms with van der Waals surface area (Å²) < 4.78 is 0. The van der Waals surface area contributed by atoms with Gasteiger partial charge in [0.2, 0.25) is 0 Å². The van der Waals surface area contributed by atoms with Gasteiger partial charge < -0.3 is 0 Å². The quantitative estimate of drug-likeness (QED) is 0.584. The highest BCUT2D eigenvalue weighted by Crippen LogP contribution is 2.07. The smallest absolute Gasteiger partial charge is 0.279 e. The molecule has 0 saturated heterocycles. The van der Waals surface area contributed by atoms with Crippen LogP contribution in [0.25, 0.3) is 0 Å². The van der Waals surface area contributed by atoms with Gasteiger partial charge in [0.1, 0.15) is 0 Å². The van der Waals surface area contributed by atoms with Crippen LogP contribution in [-0.2, 0) is 0 Å². The summed E-state index contributed by atoms with van der Waals surface area (Å²) in [6.07, 6.45) is 2.74. The molecule has 0 aromatic carbocycles. The molecular weight excluding hydrogens is 170 g/mol. The van der Waals surface area contributed by atoms with Crippen LogP contribution in [0, 0.1) is 0 Å². The van der Waals surface area contributed by atoms with Crippen LogP contribution < -0.4 is 5.32 Å². The lowest BCUT2D eigenvalue weighted by Crippen LogP contribution is -2.20. The first-order valence-electron chi connectivity index (χ1n) is 3.96. The summed E-state index contributed by atoms with van der Waals surface area (Å²) in [6, 6.07) is 0. The van der Waals surface area contributed by atoms with E-state index in [1.807, 2.05) is 13.8 Å². The number of nitrogens with zero attached hydrogens (tertiary/aromatic N) is 2. The predicted octanol–water partition coefficient (Wildman–Crippen LogP) is 0.386. The average molecular weight is 179 g/mol. The fourth-order valence-corrected chi connectivity index (χ4v) is 0.892. The molecule has 2 heterocycles. The molecule has 1 aliphatic heterocycles. The minimum absolute atomic E-state index is 0.109. The van der Waals surface area contributed by atoms with E-state index in [9.17, 15) is 9.59 Å². The van der Waals surface area contributed by atoms with Crippen molar-refractivity contribution in [2.24, 2.45) is 0 Å². The zero-order valence-corrected chi connectivity index (χ0v) is 7.37. The Bertz CT molecular complexity index is 316. The standard InChI is InChI=1S/C6H3N3O2.C2H6/c10-5-3-4(6(11)9-5)8-2-1-7-3;1-2/h1-2H,(H,9,10,11);1-2H3. The molecular formula is C8H9N3O2. The number of hydrogen-bond acceptors (Lipinski definition) is 4. The Kier molecular flexibility index (Phi) is 2.69. The number of nitrogens with one attached hydrogen (secondary N) is 1. The zero-order valence-electron chi connectivity index (χ0n) is 7.37. The summed E-state index contributed by atoms with van der Waals surface area (Å²) in [5, 5.41) is 2.08. The Morgan fingerprint density at radius 3 is 1.77 bits per heavy atom. The molecule has 1 N–H and O–H groups in total. The van der Waals surface area contributed by atoms with E-state index >= 15 is 0 Å². The summed E-state index contributed by atoms with van der Waals surface area (Å²) in [5.74, 6) is -0.948. The van der Waals surface area contributed by atoms with Crippen molar-refractivity contribution in [3.63, 3.8) is 0 Å². The fourth-order valence-electron chi connectivity index (χ4n) is 0.892. The molecule has 68 valence electrons. The Morgan fingerprint density at radius 2 is 1.38 bits per heavy atom. The van der Waals surface area contributed by atoms with Crippen molar-refractivity contribution in [3.8, 4) is 0 Å². The van der Waals surface area contributed by atoms with Crippen LogP contribution in [0.4, 0.5) is 0 Å². The van der Waals surface area contributed by atoms with Gasteiger partial charge in [0.05, 0.1) is 0 Å². The molecule has 0 fully saturated rings. The largest absolute Gasteiger partial charge is 0.285 e. The number of aromatic nitrogens is 2. The summed E-state index contributed by atoms with van der Waals surface area (Å²) in [6.45, 7) is 4.00. The van der Waals surface area contributed by atoms with Crippen molar-refractivity contribution in [2.75, 3.05) is 0 Å². The molecule has 2 rings (SSSR count). The van der Waals surface area contributed by atoms with E-state index in [1.165, 1.54) is 12.4 Å². The molecule has 13 heavy (non-hydrogen) atoms. The van der Waals surface area contributed by atoms with Gasteiger partial charge in [-0.3, -0.25) is 14.9 Å². The van der Waals surface area contributed by atoms with Crippen molar-refractivity contribution in [2.45, 2.75) is 13.8 Å². The third kappa shape index (κ3) is 1.53. The first-order chi connectivity index (χ1) is 6.29. The van der Waals surface area contributed by atoms with E-state index in [0.29, 0.717) is 0 Å². The van der Waals surface area contributed by atoms with Gasteiger partial charge in [0.25, 0.3) is 11.8 Å². The van der Waals surface area contributed by atoms with E-state index in [-0.39, 0.29) is 11.4 Å². The molecule has 0 aliphatic carbocycles. The zero-order chi connectivity index (χ0) is 9.84. The molecule has 1 aromatic rings. The maximum Gasteiger partial charge on any atom is 0.279 e. The van der Waals surface area contributed by atoms with Gasteiger partial charge in [0, 0.05) is 12.4 Å². The van der Waals surface area contributed by atoms with E-state index in [0.717, 1.165) is 0 Å². The fraction of sp³-hybridized carbons (Fsp3) is 0.250. The average Bonchev–Trinajstić information content (AvgIpc) is 2.47. The lowest BCUT2D eigenvalue weighted by atomic mass is 10.3. The molecule has 1 aliphatic rings. The lowest BCUT2D eigenvalue weighted by Gasteiger charge is -1.86. The van der Waals surface area contributed by atoms with Crippen LogP contribution in [0.15, 0.2) is 12.4 Å². The predicted molar refractivity (Wildman–Crippen MR) is 45.2 cm³/mol. The van der Waals surface area contributed by atoms with Gasteiger partial charge in [0.15, 0.2) is 11.4 Å². The highest BCUT2D eigenvalue weighted by Gasteiger charge is 2.28. The lowest BCUT2D eigenvalue weighted by molar-refractivity contribution is 0.0876. The second-order valence-electron chi connectivity index (χ2n) is 2.04. The molecule has 5 nitrogen and oxygen atoms in total. The molecule has 0 atom stereocenters.